The van der Waals surface area contributed by atoms with Gasteiger partial charge in [0.2, 0.25) is 5.95 Å². The second-order valence-electron chi connectivity index (χ2n) is 7.06. The highest BCUT2D eigenvalue weighted by Gasteiger charge is 2.23. The first-order valence-electron chi connectivity index (χ1n) is 9.54. The molecule has 9 heteroatoms. The number of aromatic amines is 1. The van der Waals surface area contributed by atoms with Crippen LogP contribution >= 0.6 is 0 Å². The molecule has 4 aromatic rings. The number of piperazine rings is 1. The zero-order valence-corrected chi connectivity index (χ0v) is 16.2. The molecular formula is C20H22N8O. The van der Waals surface area contributed by atoms with Crippen molar-refractivity contribution < 1.29 is 4.42 Å². The SMILES string of the molecule is C=C(c1ccco1)N1CCN(c2nc(Nc3cc(C)[nH]n3)c3cccn3n2)CC1. The molecule has 1 aliphatic rings. The van der Waals surface area contributed by atoms with Gasteiger partial charge in [-0.25, -0.2) is 4.52 Å². The second kappa shape index (κ2) is 7.01. The molecule has 0 saturated carbocycles. The first-order valence-corrected chi connectivity index (χ1v) is 9.54. The Morgan fingerprint density at radius 1 is 1.21 bits per heavy atom. The van der Waals surface area contributed by atoms with E-state index in [0.29, 0.717) is 5.95 Å². The van der Waals surface area contributed by atoms with Crippen molar-refractivity contribution in [2.45, 2.75) is 6.92 Å². The van der Waals surface area contributed by atoms with E-state index in [1.54, 1.807) is 6.26 Å². The molecule has 9 nitrogen and oxygen atoms in total. The normalized spacial score (nSPS) is 14.5. The molecule has 0 amide bonds. The number of nitrogens with one attached hydrogen (secondary N) is 2. The third-order valence-corrected chi connectivity index (χ3v) is 5.08. The number of nitrogens with zero attached hydrogens (tertiary/aromatic N) is 6. The van der Waals surface area contributed by atoms with E-state index in [9.17, 15) is 0 Å². The van der Waals surface area contributed by atoms with Crippen LogP contribution < -0.4 is 10.2 Å². The lowest BCUT2D eigenvalue weighted by atomic mass is 10.2. The highest BCUT2D eigenvalue weighted by molar-refractivity contribution is 5.73. The number of H-pyrrole nitrogens is 1. The van der Waals surface area contributed by atoms with Crippen molar-refractivity contribution in [3.8, 4) is 0 Å². The average Bonchev–Trinajstić information content (AvgIpc) is 3.49. The molecule has 0 unspecified atom stereocenters. The zero-order chi connectivity index (χ0) is 19.8. The Labute approximate surface area is 167 Å². The van der Waals surface area contributed by atoms with Gasteiger partial charge in [-0.15, -0.1) is 5.10 Å². The summed E-state index contributed by atoms with van der Waals surface area (Å²) in [6.45, 7) is 9.39. The monoisotopic (exact) mass is 390 g/mol. The van der Waals surface area contributed by atoms with Crippen LogP contribution in [-0.2, 0) is 0 Å². The highest BCUT2D eigenvalue weighted by atomic mass is 16.3. The van der Waals surface area contributed by atoms with Gasteiger partial charge in [0.15, 0.2) is 11.6 Å². The maximum absolute atomic E-state index is 5.47. The van der Waals surface area contributed by atoms with Crippen LogP contribution in [0.3, 0.4) is 0 Å². The van der Waals surface area contributed by atoms with Crippen LogP contribution in [-0.4, -0.2) is 55.9 Å². The van der Waals surface area contributed by atoms with E-state index in [-0.39, 0.29) is 0 Å². The third-order valence-electron chi connectivity index (χ3n) is 5.08. The Balaban J connectivity index is 1.36. The minimum absolute atomic E-state index is 0.687. The van der Waals surface area contributed by atoms with Crippen LogP contribution in [0.5, 0.6) is 0 Å². The smallest absolute Gasteiger partial charge is 0.245 e. The lowest BCUT2D eigenvalue weighted by Crippen LogP contribution is -2.46. The molecule has 29 heavy (non-hydrogen) atoms. The Hall–Kier alpha value is -3.75. The Morgan fingerprint density at radius 2 is 2.07 bits per heavy atom. The molecule has 5 rings (SSSR count). The summed E-state index contributed by atoms with van der Waals surface area (Å²) in [5.74, 6) is 2.96. The zero-order valence-electron chi connectivity index (χ0n) is 16.2. The highest BCUT2D eigenvalue weighted by Crippen LogP contribution is 2.24. The molecule has 0 bridgehead atoms. The summed E-state index contributed by atoms with van der Waals surface area (Å²) < 4.78 is 7.32. The van der Waals surface area contributed by atoms with Crippen LogP contribution in [0.25, 0.3) is 11.2 Å². The fourth-order valence-corrected chi connectivity index (χ4v) is 3.53. The van der Waals surface area contributed by atoms with E-state index in [1.807, 2.05) is 48.0 Å². The fraction of sp³-hybridized carbons (Fsp3) is 0.250. The summed E-state index contributed by atoms with van der Waals surface area (Å²) in [5, 5.41) is 15.2. The first-order chi connectivity index (χ1) is 14.2. The second-order valence-corrected chi connectivity index (χ2v) is 7.06. The Bertz CT molecular complexity index is 1130. The number of furan rings is 1. The minimum atomic E-state index is 0.687. The summed E-state index contributed by atoms with van der Waals surface area (Å²) in [5.41, 5.74) is 2.80. The summed E-state index contributed by atoms with van der Waals surface area (Å²) in [6.07, 6.45) is 3.60. The van der Waals surface area contributed by atoms with Gasteiger partial charge in [-0.05, 0) is 31.2 Å². The Kier molecular flexibility index (Phi) is 4.19. The number of rotatable bonds is 5. The fourth-order valence-electron chi connectivity index (χ4n) is 3.53. The van der Waals surface area contributed by atoms with Gasteiger partial charge in [0.1, 0.15) is 11.3 Å². The molecule has 0 spiro atoms. The number of hydrogen-bond acceptors (Lipinski definition) is 7. The van der Waals surface area contributed by atoms with Gasteiger partial charge in [-0.1, -0.05) is 6.58 Å². The molecule has 0 aromatic carbocycles. The van der Waals surface area contributed by atoms with Gasteiger partial charge in [-0.2, -0.15) is 10.1 Å². The molecule has 1 fully saturated rings. The molecule has 4 aromatic heterocycles. The van der Waals surface area contributed by atoms with Crippen molar-refractivity contribution >= 4 is 28.8 Å². The van der Waals surface area contributed by atoms with Gasteiger partial charge < -0.3 is 19.5 Å². The van der Waals surface area contributed by atoms with Crippen molar-refractivity contribution in [3.05, 3.63) is 60.8 Å². The van der Waals surface area contributed by atoms with Crippen LogP contribution in [0, 0.1) is 6.92 Å². The lowest BCUT2D eigenvalue weighted by Gasteiger charge is -2.36. The van der Waals surface area contributed by atoms with Crippen LogP contribution in [0.1, 0.15) is 11.5 Å². The van der Waals surface area contributed by atoms with E-state index >= 15 is 0 Å². The third kappa shape index (κ3) is 3.31. The molecular weight excluding hydrogens is 368 g/mol. The maximum atomic E-state index is 5.47. The van der Waals surface area contributed by atoms with Crippen molar-refractivity contribution in [2.24, 2.45) is 0 Å². The van der Waals surface area contributed by atoms with E-state index in [4.69, 9.17) is 9.40 Å². The topological polar surface area (TPSA) is 90.5 Å². The van der Waals surface area contributed by atoms with Gasteiger partial charge in [0.25, 0.3) is 0 Å². The molecule has 1 aliphatic heterocycles. The van der Waals surface area contributed by atoms with Crippen LogP contribution in [0.15, 0.2) is 53.8 Å². The van der Waals surface area contributed by atoms with Crippen molar-refractivity contribution in [3.63, 3.8) is 0 Å². The number of anilines is 3. The largest absolute Gasteiger partial charge is 0.463 e. The van der Waals surface area contributed by atoms with Gasteiger partial charge >= 0.3 is 0 Å². The predicted octanol–water partition coefficient (Wildman–Crippen LogP) is 2.89. The molecule has 2 N–H and O–H groups in total. The number of aromatic nitrogens is 5. The van der Waals surface area contributed by atoms with Crippen molar-refractivity contribution in [1.29, 1.82) is 0 Å². The standard InChI is InChI=1S/C20H22N8O/c1-14-13-18(24-23-14)21-19-16-5-3-7-28(16)25-20(22-19)27-10-8-26(9-11-27)15(2)17-6-4-12-29-17/h3-7,12-13H,2,8-11H2,1H3,(H2,21,22,23,24,25). The van der Waals surface area contributed by atoms with Gasteiger partial charge in [0, 0.05) is 44.1 Å². The minimum Gasteiger partial charge on any atom is -0.463 e. The summed E-state index contributed by atoms with van der Waals surface area (Å²) in [6, 6.07) is 9.70. The average molecular weight is 390 g/mol. The van der Waals surface area contributed by atoms with Crippen LogP contribution in [0.4, 0.5) is 17.6 Å². The van der Waals surface area contributed by atoms with Crippen LogP contribution in [0.2, 0.25) is 0 Å². The van der Waals surface area contributed by atoms with E-state index < -0.39 is 0 Å². The molecule has 0 atom stereocenters. The maximum Gasteiger partial charge on any atom is 0.245 e. The van der Waals surface area contributed by atoms with Crippen molar-refractivity contribution in [1.82, 2.24) is 29.7 Å². The van der Waals surface area contributed by atoms with E-state index in [1.165, 1.54) is 0 Å². The van der Waals surface area contributed by atoms with Crippen molar-refractivity contribution in [2.75, 3.05) is 36.4 Å². The summed E-state index contributed by atoms with van der Waals surface area (Å²) in [7, 11) is 0. The summed E-state index contributed by atoms with van der Waals surface area (Å²) in [4.78, 5) is 9.21. The van der Waals surface area contributed by atoms with Gasteiger partial charge in [-0.3, -0.25) is 5.10 Å². The quantitative estimate of drug-likeness (QED) is 0.541. The number of aryl methyl sites for hydroxylation is 1. The summed E-state index contributed by atoms with van der Waals surface area (Å²) >= 11 is 0. The number of hydrogen-bond donors (Lipinski definition) is 2. The first kappa shape index (κ1) is 17.4. The molecule has 0 aliphatic carbocycles. The van der Waals surface area contributed by atoms with Gasteiger partial charge in [0.05, 0.1) is 12.0 Å². The Morgan fingerprint density at radius 3 is 2.79 bits per heavy atom. The predicted molar refractivity (Wildman–Crippen MR) is 111 cm³/mol. The molecule has 148 valence electrons. The molecule has 0 radical (unpaired) electrons. The molecule has 1 saturated heterocycles. The van der Waals surface area contributed by atoms with E-state index in [2.05, 4.69) is 37.0 Å². The number of fused-ring (bicyclic) bond motifs is 1. The molecule has 5 heterocycles. The lowest BCUT2D eigenvalue weighted by molar-refractivity contribution is 0.355. The van der Waals surface area contributed by atoms with E-state index in [0.717, 1.165) is 60.5 Å².